The SMILES string of the molecule is COc1cc(OC)cc(Oc2cc(NN)ncn2)c1. The summed E-state index contributed by atoms with van der Waals surface area (Å²) >= 11 is 0. The van der Waals surface area contributed by atoms with Gasteiger partial charge in [0, 0.05) is 24.3 Å². The Bertz CT molecular complexity index is 540. The maximum atomic E-state index is 5.60. The summed E-state index contributed by atoms with van der Waals surface area (Å²) < 4.78 is 15.9. The molecule has 2 aromatic rings. The summed E-state index contributed by atoms with van der Waals surface area (Å²) in [6.45, 7) is 0. The third kappa shape index (κ3) is 3.23. The maximum absolute atomic E-state index is 5.60. The van der Waals surface area contributed by atoms with Crippen LogP contribution in [0.25, 0.3) is 0 Å². The number of nitrogens with two attached hydrogens (primary N) is 1. The molecule has 0 aliphatic rings. The van der Waals surface area contributed by atoms with E-state index in [2.05, 4.69) is 15.4 Å². The lowest BCUT2D eigenvalue weighted by atomic mass is 10.3. The van der Waals surface area contributed by atoms with E-state index in [1.54, 1.807) is 38.5 Å². The first-order valence-electron chi connectivity index (χ1n) is 5.44. The summed E-state index contributed by atoms with van der Waals surface area (Å²) in [6.07, 6.45) is 1.35. The van der Waals surface area contributed by atoms with Crippen LogP contribution in [0.1, 0.15) is 0 Å². The van der Waals surface area contributed by atoms with Crippen molar-refractivity contribution in [2.75, 3.05) is 19.6 Å². The van der Waals surface area contributed by atoms with E-state index in [-0.39, 0.29) is 0 Å². The molecule has 0 saturated carbocycles. The predicted molar refractivity (Wildman–Crippen MR) is 69.5 cm³/mol. The number of hydrazine groups is 1. The van der Waals surface area contributed by atoms with Gasteiger partial charge in [0.25, 0.3) is 0 Å². The van der Waals surface area contributed by atoms with Gasteiger partial charge in [-0.15, -0.1) is 0 Å². The van der Waals surface area contributed by atoms with Crippen molar-refractivity contribution in [2.24, 2.45) is 5.84 Å². The van der Waals surface area contributed by atoms with Gasteiger partial charge in [0.2, 0.25) is 5.88 Å². The second-order valence-corrected chi connectivity index (χ2v) is 3.54. The maximum Gasteiger partial charge on any atom is 0.224 e. The fraction of sp³-hybridized carbons (Fsp3) is 0.167. The zero-order valence-electron chi connectivity index (χ0n) is 10.6. The Labute approximate surface area is 110 Å². The monoisotopic (exact) mass is 262 g/mol. The number of ether oxygens (including phenoxy) is 3. The highest BCUT2D eigenvalue weighted by Crippen LogP contribution is 2.30. The van der Waals surface area contributed by atoms with E-state index in [9.17, 15) is 0 Å². The van der Waals surface area contributed by atoms with Gasteiger partial charge in [-0.05, 0) is 0 Å². The molecule has 0 amide bonds. The molecule has 3 N–H and O–H groups in total. The second-order valence-electron chi connectivity index (χ2n) is 3.54. The number of rotatable bonds is 5. The van der Waals surface area contributed by atoms with E-state index in [0.29, 0.717) is 28.9 Å². The van der Waals surface area contributed by atoms with Crippen molar-refractivity contribution in [1.29, 1.82) is 0 Å². The topological polar surface area (TPSA) is 91.5 Å². The van der Waals surface area contributed by atoms with Gasteiger partial charge in [-0.3, -0.25) is 0 Å². The Hall–Kier alpha value is -2.54. The summed E-state index contributed by atoms with van der Waals surface area (Å²) in [7, 11) is 3.14. The van der Waals surface area contributed by atoms with E-state index < -0.39 is 0 Å². The molecule has 2 rings (SSSR count). The number of methoxy groups -OCH3 is 2. The van der Waals surface area contributed by atoms with Crippen LogP contribution < -0.4 is 25.5 Å². The summed E-state index contributed by atoms with van der Waals surface area (Å²) in [6, 6.07) is 6.77. The molecule has 7 nitrogen and oxygen atoms in total. The molecule has 1 heterocycles. The van der Waals surface area contributed by atoms with Crippen LogP contribution in [0.2, 0.25) is 0 Å². The molecule has 1 aromatic carbocycles. The minimum atomic E-state index is 0.359. The van der Waals surface area contributed by atoms with Crippen LogP contribution in [0.3, 0.4) is 0 Å². The molecular weight excluding hydrogens is 248 g/mol. The Morgan fingerprint density at radius 2 is 1.58 bits per heavy atom. The number of benzene rings is 1. The molecule has 0 aliphatic heterocycles. The molecule has 7 heteroatoms. The van der Waals surface area contributed by atoms with Crippen molar-refractivity contribution in [1.82, 2.24) is 9.97 Å². The number of nitrogen functional groups attached to an aromatic ring is 1. The van der Waals surface area contributed by atoms with Crippen molar-refractivity contribution >= 4 is 5.82 Å². The van der Waals surface area contributed by atoms with Gasteiger partial charge in [0.05, 0.1) is 14.2 Å². The predicted octanol–water partition coefficient (Wildman–Crippen LogP) is 1.57. The number of nitrogens with one attached hydrogen (secondary N) is 1. The molecular formula is C12H14N4O3. The minimum absolute atomic E-state index is 0.359. The number of anilines is 1. The molecule has 0 spiro atoms. The van der Waals surface area contributed by atoms with Gasteiger partial charge in [0.1, 0.15) is 29.4 Å². The number of aromatic nitrogens is 2. The van der Waals surface area contributed by atoms with Crippen molar-refractivity contribution in [3.05, 3.63) is 30.6 Å². The zero-order chi connectivity index (χ0) is 13.7. The van der Waals surface area contributed by atoms with E-state index >= 15 is 0 Å². The minimum Gasteiger partial charge on any atom is -0.496 e. The van der Waals surface area contributed by atoms with Crippen LogP contribution in [-0.4, -0.2) is 24.2 Å². The van der Waals surface area contributed by atoms with Gasteiger partial charge in [0.15, 0.2) is 0 Å². The van der Waals surface area contributed by atoms with Crippen LogP contribution in [0.5, 0.6) is 23.1 Å². The quantitative estimate of drug-likeness (QED) is 0.624. The summed E-state index contributed by atoms with van der Waals surface area (Å²) in [5, 5.41) is 0. The molecule has 0 fully saturated rings. The Morgan fingerprint density at radius 3 is 2.16 bits per heavy atom. The Balaban J connectivity index is 2.26. The van der Waals surface area contributed by atoms with Crippen molar-refractivity contribution in [2.45, 2.75) is 0 Å². The molecule has 19 heavy (non-hydrogen) atoms. The van der Waals surface area contributed by atoms with Crippen molar-refractivity contribution < 1.29 is 14.2 Å². The van der Waals surface area contributed by atoms with Crippen LogP contribution in [0.15, 0.2) is 30.6 Å². The number of hydrogen-bond acceptors (Lipinski definition) is 7. The summed E-state index contributed by atoms with van der Waals surface area (Å²) in [5.74, 6) is 7.88. The van der Waals surface area contributed by atoms with Crippen LogP contribution in [0.4, 0.5) is 5.82 Å². The van der Waals surface area contributed by atoms with Crippen LogP contribution >= 0.6 is 0 Å². The lowest BCUT2D eigenvalue weighted by Gasteiger charge is -2.09. The van der Waals surface area contributed by atoms with Gasteiger partial charge in [-0.2, -0.15) is 0 Å². The largest absolute Gasteiger partial charge is 0.496 e. The third-order valence-corrected chi connectivity index (χ3v) is 2.34. The van der Waals surface area contributed by atoms with E-state index in [4.69, 9.17) is 20.1 Å². The first kappa shape index (κ1) is 12.9. The van der Waals surface area contributed by atoms with Gasteiger partial charge in [-0.1, -0.05) is 0 Å². The standard InChI is InChI=1S/C12H14N4O3/c1-17-8-3-9(18-2)5-10(4-8)19-12-6-11(16-13)14-7-15-12/h3-7H,13H2,1-2H3,(H,14,15,16). The van der Waals surface area contributed by atoms with Crippen molar-refractivity contribution in [3.63, 3.8) is 0 Å². The highest BCUT2D eigenvalue weighted by Gasteiger charge is 2.05. The lowest BCUT2D eigenvalue weighted by molar-refractivity contribution is 0.385. The normalized spacial score (nSPS) is 9.84. The summed E-state index contributed by atoms with van der Waals surface area (Å²) in [4.78, 5) is 7.87. The van der Waals surface area contributed by atoms with Gasteiger partial charge < -0.3 is 19.6 Å². The van der Waals surface area contributed by atoms with Crippen LogP contribution in [-0.2, 0) is 0 Å². The molecule has 0 radical (unpaired) electrons. The molecule has 0 saturated heterocycles. The first-order valence-corrected chi connectivity index (χ1v) is 5.44. The fourth-order valence-corrected chi connectivity index (χ4v) is 1.44. The van der Waals surface area contributed by atoms with Gasteiger partial charge >= 0.3 is 0 Å². The molecule has 0 atom stereocenters. The smallest absolute Gasteiger partial charge is 0.224 e. The highest BCUT2D eigenvalue weighted by molar-refractivity contribution is 5.44. The number of nitrogens with zero attached hydrogens (tertiary/aromatic N) is 2. The first-order chi connectivity index (χ1) is 9.25. The number of hydrogen-bond donors (Lipinski definition) is 2. The fourth-order valence-electron chi connectivity index (χ4n) is 1.44. The second kappa shape index (κ2) is 5.87. The Kier molecular flexibility index (Phi) is 3.99. The lowest BCUT2D eigenvalue weighted by Crippen LogP contribution is -2.08. The van der Waals surface area contributed by atoms with Gasteiger partial charge in [-0.25, -0.2) is 15.8 Å². The van der Waals surface area contributed by atoms with Crippen LogP contribution in [0, 0.1) is 0 Å². The average molecular weight is 262 g/mol. The average Bonchev–Trinajstić information content (AvgIpc) is 2.47. The molecule has 100 valence electrons. The molecule has 0 unspecified atom stereocenters. The van der Waals surface area contributed by atoms with E-state index in [0.717, 1.165) is 0 Å². The molecule has 0 bridgehead atoms. The van der Waals surface area contributed by atoms with E-state index in [1.165, 1.54) is 6.33 Å². The molecule has 0 aliphatic carbocycles. The van der Waals surface area contributed by atoms with Crippen molar-refractivity contribution in [3.8, 4) is 23.1 Å². The third-order valence-electron chi connectivity index (χ3n) is 2.34. The summed E-state index contributed by atoms with van der Waals surface area (Å²) in [5.41, 5.74) is 2.42. The highest BCUT2D eigenvalue weighted by atomic mass is 16.5. The Morgan fingerprint density at radius 1 is 0.947 bits per heavy atom. The zero-order valence-corrected chi connectivity index (χ0v) is 10.6. The molecule has 1 aromatic heterocycles. The van der Waals surface area contributed by atoms with E-state index in [1.807, 2.05) is 0 Å².